The summed E-state index contributed by atoms with van der Waals surface area (Å²) < 4.78 is 2.32. The van der Waals surface area contributed by atoms with Crippen molar-refractivity contribution in [3.05, 3.63) is 11.9 Å². The zero-order chi connectivity index (χ0) is 10.4. The van der Waals surface area contributed by atoms with E-state index in [-0.39, 0.29) is 0 Å². The smallest absolute Gasteiger partial charge is 0.203 e. The molecule has 2 atom stereocenters. The van der Waals surface area contributed by atoms with Gasteiger partial charge in [0, 0.05) is 18.8 Å². The molecule has 2 fully saturated rings. The Morgan fingerprint density at radius 1 is 1.53 bits per heavy atom. The van der Waals surface area contributed by atoms with Gasteiger partial charge in [-0.25, -0.2) is 4.98 Å². The minimum Gasteiger partial charge on any atom is -0.355 e. The molecule has 0 aromatic carbocycles. The molecule has 3 nitrogen and oxygen atoms in total. The number of hydrogen-bond acceptors (Lipinski definition) is 2. The van der Waals surface area contributed by atoms with E-state index in [2.05, 4.69) is 34.9 Å². The SMILES string of the molecule is Cc1cn(C2CC2)c(NCC2CC2C)n1. The minimum atomic E-state index is 0.727. The fourth-order valence-corrected chi connectivity index (χ4v) is 2.18. The number of imidazole rings is 1. The molecule has 0 bridgehead atoms. The van der Waals surface area contributed by atoms with Gasteiger partial charge >= 0.3 is 0 Å². The average Bonchev–Trinajstić information content (AvgIpc) is 3.08. The zero-order valence-electron chi connectivity index (χ0n) is 9.53. The molecule has 3 rings (SSSR count). The average molecular weight is 205 g/mol. The fourth-order valence-electron chi connectivity index (χ4n) is 2.18. The number of aryl methyl sites for hydroxylation is 1. The van der Waals surface area contributed by atoms with Crippen molar-refractivity contribution in [2.45, 2.75) is 39.2 Å². The molecule has 2 saturated carbocycles. The molecule has 1 aromatic heterocycles. The van der Waals surface area contributed by atoms with Gasteiger partial charge in [-0.05, 0) is 38.0 Å². The van der Waals surface area contributed by atoms with Crippen molar-refractivity contribution in [1.29, 1.82) is 0 Å². The highest BCUT2D eigenvalue weighted by atomic mass is 15.2. The molecular formula is C12H19N3. The van der Waals surface area contributed by atoms with E-state index >= 15 is 0 Å². The van der Waals surface area contributed by atoms with Crippen molar-refractivity contribution in [2.24, 2.45) is 11.8 Å². The molecule has 0 radical (unpaired) electrons. The molecule has 0 aliphatic heterocycles. The highest BCUT2D eigenvalue weighted by Crippen LogP contribution is 2.39. The third-order valence-electron chi connectivity index (χ3n) is 3.59. The summed E-state index contributed by atoms with van der Waals surface area (Å²) in [4.78, 5) is 4.55. The van der Waals surface area contributed by atoms with E-state index in [0.717, 1.165) is 36.1 Å². The summed E-state index contributed by atoms with van der Waals surface area (Å²) in [6.45, 7) is 5.50. The van der Waals surface area contributed by atoms with Crippen molar-refractivity contribution >= 4 is 5.95 Å². The highest BCUT2D eigenvalue weighted by molar-refractivity contribution is 5.31. The second-order valence-electron chi connectivity index (χ2n) is 5.20. The van der Waals surface area contributed by atoms with Crippen molar-refractivity contribution < 1.29 is 0 Å². The van der Waals surface area contributed by atoms with Gasteiger partial charge in [0.15, 0.2) is 0 Å². The maximum absolute atomic E-state index is 4.55. The highest BCUT2D eigenvalue weighted by Gasteiger charge is 2.33. The van der Waals surface area contributed by atoms with Crippen LogP contribution in [0.2, 0.25) is 0 Å². The summed E-state index contributed by atoms with van der Waals surface area (Å²) in [7, 11) is 0. The molecule has 1 N–H and O–H groups in total. The Morgan fingerprint density at radius 2 is 2.27 bits per heavy atom. The number of aromatic nitrogens is 2. The van der Waals surface area contributed by atoms with Gasteiger partial charge in [0.25, 0.3) is 0 Å². The lowest BCUT2D eigenvalue weighted by molar-refractivity contribution is 0.724. The van der Waals surface area contributed by atoms with E-state index in [1.807, 2.05) is 0 Å². The first kappa shape index (κ1) is 9.25. The number of nitrogens with zero attached hydrogens (tertiary/aromatic N) is 2. The van der Waals surface area contributed by atoms with Gasteiger partial charge in [0.1, 0.15) is 0 Å². The van der Waals surface area contributed by atoms with E-state index in [0.29, 0.717) is 0 Å². The van der Waals surface area contributed by atoms with Crippen LogP contribution < -0.4 is 5.32 Å². The molecule has 2 unspecified atom stereocenters. The topological polar surface area (TPSA) is 29.9 Å². The second-order valence-corrected chi connectivity index (χ2v) is 5.20. The predicted molar refractivity (Wildman–Crippen MR) is 61.0 cm³/mol. The second kappa shape index (κ2) is 3.26. The Hall–Kier alpha value is -0.990. The third-order valence-corrected chi connectivity index (χ3v) is 3.59. The summed E-state index contributed by atoms with van der Waals surface area (Å²) in [5.41, 5.74) is 1.13. The molecule has 3 heteroatoms. The van der Waals surface area contributed by atoms with Crippen LogP contribution in [0.15, 0.2) is 6.20 Å². The number of hydrogen-bond donors (Lipinski definition) is 1. The summed E-state index contributed by atoms with van der Waals surface area (Å²) in [5, 5.41) is 3.50. The lowest BCUT2D eigenvalue weighted by atomic mass is 10.3. The largest absolute Gasteiger partial charge is 0.355 e. The molecular weight excluding hydrogens is 186 g/mol. The number of anilines is 1. The van der Waals surface area contributed by atoms with Crippen LogP contribution in [0.4, 0.5) is 5.95 Å². The Morgan fingerprint density at radius 3 is 2.87 bits per heavy atom. The summed E-state index contributed by atoms with van der Waals surface area (Å²) in [6, 6.07) is 0.727. The van der Waals surface area contributed by atoms with Crippen molar-refractivity contribution in [2.75, 3.05) is 11.9 Å². The normalized spacial score (nSPS) is 29.2. The molecule has 2 aliphatic rings. The molecule has 1 aromatic rings. The van der Waals surface area contributed by atoms with Gasteiger partial charge in [-0.3, -0.25) is 0 Å². The van der Waals surface area contributed by atoms with Gasteiger partial charge < -0.3 is 9.88 Å². The van der Waals surface area contributed by atoms with Crippen LogP contribution in [0.25, 0.3) is 0 Å². The van der Waals surface area contributed by atoms with E-state index in [1.165, 1.54) is 19.3 Å². The Labute approximate surface area is 90.9 Å². The van der Waals surface area contributed by atoms with Crippen LogP contribution >= 0.6 is 0 Å². The third kappa shape index (κ3) is 1.87. The zero-order valence-corrected chi connectivity index (χ0v) is 9.53. The quantitative estimate of drug-likeness (QED) is 0.818. The summed E-state index contributed by atoms with van der Waals surface area (Å²) >= 11 is 0. The lowest BCUT2D eigenvalue weighted by Crippen LogP contribution is -2.09. The summed E-state index contributed by atoms with van der Waals surface area (Å²) in [6.07, 6.45) is 6.21. The van der Waals surface area contributed by atoms with Gasteiger partial charge in [-0.1, -0.05) is 6.92 Å². The van der Waals surface area contributed by atoms with E-state index < -0.39 is 0 Å². The number of rotatable bonds is 4. The van der Waals surface area contributed by atoms with E-state index in [4.69, 9.17) is 0 Å². The Balaban J connectivity index is 1.67. The van der Waals surface area contributed by atoms with Gasteiger partial charge in [-0.2, -0.15) is 0 Å². The van der Waals surface area contributed by atoms with E-state index in [9.17, 15) is 0 Å². The molecule has 0 saturated heterocycles. The number of nitrogens with one attached hydrogen (secondary N) is 1. The van der Waals surface area contributed by atoms with Gasteiger partial charge in [0.2, 0.25) is 5.95 Å². The van der Waals surface area contributed by atoms with Crippen LogP contribution in [0.3, 0.4) is 0 Å². The standard InChI is InChI=1S/C12H19N3/c1-8-5-10(8)6-13-12-14-9(2)7-15(12)11-3-4-11/h7-8,10-11H,3-6H2,1-2H3,(H,13,14). The molecule has 2 aliphatic carbocycles. The predicted octanol–water partition coefficient (Wildman–Crippen LogP) is 2.59. The monoisotopic (exact) mass is 205 g/mol. The van der Waals surface area contributed by atoms with E-state index in [1.54, 1.807) is 0 Å². The first-order valence-electron chi connectivity index (χ1n) is 6.03. The van der Waals surface area contributed by atoms with Gasteiger partial charge in [0.05, 0.1) is 5.69 Å². The maximum Gasteiger partial charge on any atom is 0.203 e. The molecule has 1 heterocycles. The first-order valence-corrected chi connectivity index (χ1v) is 6.03. The maximum atomic E-state index is 4.55. The minimum absolute atomic E-state index is 0.727. The van der Waals surface area contributed by atoms with Crippen LogP contribution in [-0.4, -0.2) is 16.1 Å². The van der Waals surface area contributed by atoms with Crippen LogP contribution in [0, 0.1) is 18.8 Å². The van der Waals surface area contributed by atoms with Crippen molar-refractivity contribution in [3.8, 4) is 0 Å². The lowest BCUT2D eigenvalue weighted by Gasteiger charge is -2.07. The molecule has 15 heavy (non-hydrogen) atoms. The Kier molecular flexibility index (Phi) is 2.01. The first-order chi connectivity index (χ1) is 7.24. The molecule has 0 spiro atoms. The van der Waals surface area contributed by atoms with Gasteiger partial charge in [-0.15, -0.1) is 0 Å². The van der Waals surface area contributed by atoms with Crippen molar-refractivity contribution in [3.63, 3.8) is 0 Å². The van der Waals surface area contributed by atoms with Crippen LogP contribution in [0.5, 0.6) is 0 Å². The summed E-state index contributed by atoms with van der Waals surface area (Å²) in [5.74, 6) is 2.90. The van der Waals surface area contributed by atoms with Crippen LogP contribution in [0.1, 0.15) is 37.9 Å². The fraction of sp³-hybridized carbons (Fsp3) is 0.750. The van der Waals surface area contributed by atoms with Crippen LogP contribution in [-0.2, 0) is 0 Å². The molecule has 82 valence electrons. The Bertz CT molecular complexity index is 365. The van der Waals surface area contributed by atoms with Crippen molar-refractivity contribution in [1.82, 2.24) is 9.55 Å². The molecule has 0 amide bonds.